The summed E-state index contributed by atoms with van der Waals surface area (Å²) in [5.74, 6) is 0. The molecule has 0 saturated carbocycles. The molecule has 0 fully saturated rings. The molecule has 0 amide bonds. The Bertz CT molecular complexity index is 846. The number of rotatable bonds is 5. The van der Waals surface area contributed by atoms with Gasteiger partial charge in [-0.15, -0.1) is 0 Å². The SMILES string of the molecule is Nc1c(Cc2ccccc2)cc(Cc2ccccc2)cc1[N+](=O)[O-]. The third-order valence-corrected chi connectivity index (χ3v) is 3.99. The van der Waals surface area contributed by atoms with Gasteiger partial charge in [-0.2, -0.15) is 0 Å². The highest BCUT2D eigenvalue weighted by atomic mass is 16.6. The van der Waals surface area contributed by atoms with E-state index < -0.39 is 4.92 Å². The van der Waals surface area contributed by atoms with Gasteiger partial charge < -0.3 is 5.73 Å². The van der Waals surface area contributed by atoms with E-state index >= 15 is 0 Å². The molecular formula is C20H18N2O2. The van der Waals surface area contributed by atoms with Crippen molar-refractivity contribution in [1.82, 2.24) is 0 Å². The third-order valence-electron chi connectivity index (χ3n) is 3.99. The second-order valence-electron chi connectivity index (χ2n) is 5.77. The van der Waals surface area contributed by atoms with E-state index in [-0.39, 0.29) is 11.4 Å². The van der Waals surface area contributed by atoms with Crippen LogP contribution in [-0.2, 0) is 12.8 Å². The molecule has 0 unspecified atom stereocenters. The predicted octanol–water partition coefficient (Wildman–Crippen LogP) is 4.36. The number of nitrogens with two attached hydrogens (primary N) is 1. The number of hydrogen-bond donors (Lipinski definition) is 1. The number of nitro groups is 1. The zero-order valence-electron chi connectivity index (χ0n) is 13.2. The van der Waals surface area contributed by atoms with Gasteiger partial charge in [-0.3, -0.25) is 10.1 Å². The van der Waals surface area contributed by atoms with Crippen LogP contribution < -0.4 is 5.73 Å². The molecule has 0 aliphatic rings. The topological polar surface area (TPSA) is 69.2 Å². The first-order valence-corrected chi connectivity index (χ1v) is 7.77. The highest BCUT2D eigenvalue weighted by Crippen LogP contribution is 2.30. The Hall–Kier alpha value is -3.14. The van der Waals surface area contributed by atoms with Crippen molar-refractivity contribution < 1.29 is 4.92 Å². The lowest BCUT2D eigenvalue weighted by molar-refractivity contribution is -0.384. The Kier molecular flexibility index (Phi) is 4.57. The average Bonchev–Trinajstić information content (AvgIpc) is 2.59. The van der Waals surface area contributed by atoms with Crippen LogP contribution in [0.25, 0.3) is 0 Å². The molecule has 3 aromatic rings. The number of nitro benzene ring substituents is 1. The maximum Gasteiger partial charge on any atom is 0.292 e. The Morgan fingerprint density at radius 2 is 1.33 bits per heavy atom. The lowest BCUT2D eigenvalue weighted by Crippen LogP contribution is -2.03. The van der Waals surface area contributed by atoms with Gasteiger partial charge >= 0.3 is 0 Å². The number of nitrogens with zero attached hydrogens (tertiary/aromatic N) is 1. The Morgan fingerprint density at radius 1 is 0.792 bits per heavy atom. The van der Waals surface area contributed by atoms with Gasteiger partial charge in [-0.1, -0.05) is 66.7 Å². The highest BCUT2D eigenvalue weighted by Gasteiger charge is 2.17. The molecule has 0 heterocycles. The Morgan fingerprint density at radius 3 is 1.88 bits per heavy atom. The summed E-state index contributed by atoms with van der Waals surface area (Å²) in [6, 6.07) is 23.3. The first-order chi connectivity index (χ1) is 11.6. The minimum atomic E-state index is -0.404. The highest BCUT2D eigenvalue weighted by molar-refractivity contribution is 5.65. The fraction of sp³-hybridized carbons (Fsp3) is 0.100. The molecule has 2 N–H and O–H groups in total. The molecule has 0 aliphatic carbocycles. The van der Waals surface area contributed by atoms with E-state index in [9.17, 15) is 10.1 Å². The van der Waals surface area contributed by atoms with Gasteiger partial charge in [0.1, 0.15) is 5.69 Å². The van der Waals surface area contributed by atoms with Crippen LogP contribution >= 0.6 is 0 Å². The maximum absolute atomic E-state index is 11.4. The number of nitrogen functional groups attached to an aromatic ring is 1. The summed E-state index contributed by atoms with van der Waals surface area (Å²) < 4.78 is 0. The fourth-order valence-electron chi connectivity index (χ4n) is 2.81. The van der Waals surface area contributed by atoms with Gasteiger partial charge in [-0.25, -0.2) is 0 Å². The summed E-state index contributed by atoms with van der Waals surface area (Å²) >= 11 is 0. The van der Waals surface area contributed by atoms with E-state index in [0.717, 1.165) is 22.3 Å². The van der Waals surface area contributed by atoms with Crippen LogP contribution in [0.4, 0.5) is 11.4 Å². The Balaban J connectivity index is 1.99. The summed E-state index contributed by atoms with van der Waals surface area (Å²) in [4.78, 5) is 11.0. The molecule has 0 radical (unpaired) electrons. The molecule has 24 heavy (non-hydrogen) atoms. The van der Waals surface area contributed by atoms with Crippen molar-refractivity contribution in [3.63, 3.8) is 0 Å². The standard InChI is InChI=1S/C20H18N2O2/c21-20-18(12-16-9-5-2-6-10-16)13-17(14-19(20)22(23)24)11-15-7-3-1-4-8-15/h1-10,13-14H,11-12,21H2. The summed E-state index contributed by atoms with van der Waals surface area (Å²) in [6.07, 6.45) is 1.22. The van der Waals surface area contributed by atoms with Crippen LogP contribution in [0.3, 0.4) is 0 Å². The van der Waals surface area contributed by atoms with E-state index in [4.69, 9.17) is 5.73 Å². The van der Waals surface area contributed by atoms with Crippen LogP contribution in [0.2, 0.25) is 0 Å². The zero-order valence-corrected chi connectivity index (χ0v) is 13.2. The van der Waals surface area contributed by atoms with Gasteiger partial charge in [0, 0.05) is 6.07 Å². The second-order valence-corrected chi connectivity index (χ2v) is 5.77. The minimum Gasteiger partial charge on any atom is -0.393 e. The Labute approximate surface area is 140 Å². The fourth-order valence-corrected chi connectivity index (χ4v) is 2.81. The normalized spacial score (nSPS) is 10.5. The van der Waals surface area contributed by atoms with Gasteiger partial charge in [-0.05, 0) is 35.1 Å². The molecular weight excluding hydrogens is 300 g/mol. The van der Waals surface area contributed by atoms with Crippen LogP contribution in [0.1, 0.15) is 22.3 Å². The number of benzene rings is 3. The number of anilines is 1. The van der Waals surface area contributed by atoms with Crippen LogP contribution in [0, 0.1) is 10.1 Å². The first kappa shape index (κ1) is 15.7. The summed E-state index contributed by atoms with van der Waals surface area (Å²) in [5, 5.41) is 11.4. The molecule has 3 aromatic carbocycles. The van der Waals surface area contributed by atoms with Crippen LogP contribution in [0.5, 0.6) is 0 Å². The van der Waals surface area contributed by atoms with Gasteiger partial charge in [0.05, 0.1) is 4.92 Å². The van der Waals surface area contributed by atoms with E-state index in [1.54, 1.807) is 6.07 Å². The van der Waals surface area contributed by atoms with Crippen molar-refractivity contribution in [2.45, 2.75) is 12.8 Å². The third kappa shape index (κ3) is 3.60. The molecule has 4 heteroatoms. The molecule has 3 rings (SSSR count). The molecule has 0 aromatic heterocycles. The second kappa shape index (κ2) is 6.96. The molecule has 0 atom stereocenters. The van der Waals surface area contributed by atoms with Crippen molar-refractivity contribution in [2.75, 3.05) is 5.73 Å². The van der Waals surface area contributed by atoms with Gasteiger partial charge in [0.15, 0.2) is 0 Å². The summed E-state index contributed by atoms with van der Waals surface area (Å²) in [5.41, 5.74) is 10.2. The molecule has 0 saturated heterocycles. The largest absolute Gasteiger partial charge is 0.393 e. The van der Waals surface area contributed by atoms with E-state index in [2.05, 4.69) is 0 Å². The van der Waals surface area contributed by atoms with Crippen LogP contribution in [0.15, 0.2) is 72.8 Å². The summed E-state index contributed by atoms with van der Waals surface area (Å²) in [6.45, 7) is 0. The molecule has 4 nitrogen and oxygen atoms in total. The van der Waals surface area contributed by atoms with Crippen molar-refractivity contribution in [1.29, 1.82) is 0 Å². The zero-order chi connectivity index (χ0) is 16.9. The lowest BCUT2D eigenvalue weighted by atomic mass is 9.96. The quantitative estimate of drug-likeness (QED) is 0.432. The van der Waals surface area contributed by atoms with Crippen LogP contribution in [-0.4, -0.2) is 4.92 Å². The molecule has 0 bridgehead atoms. The van der Waals surface area contributed by atoms with Crippen molar-refractivity contribution in [3.05, 3.63) is 105 Å². The predicted molar refractivity (Wildman–Crippen MR) is 96.0 cm³/mol. The molecule has 120 valence electrons. The first-order valence-electron chi connectivity index (χ1n) is 7.77. The van der Waals surface area contributed by atoms with E-state index in [0.29, 0.717) is 12.8 Å². The van der Waals surface area contributed by atoms with E-state index in [1.807, 2.05) is 66.7 Å². The van der Waals surface area contributed by atoms with Crippen molar-refractivity contribution >= 4 is 11.4 Å². The average molecular weight is 318 g/mol. The lowest BCUT2D eigenvalue weighted by Gasteiger charge is -2.10. The van der Waals surface area contributed by atoms with Crippen molar-refractivity contribution in [2.24, 2.45) is 0 Å². The van der Waals surface area contributed by atoms with Gasteiger partial charge in [0.2, 0.25) is 0 Å². The smallest absolute Gasteiger partial charge is 0.292 e. The maximum atomic E-state index is 11.4. The molecule has 0 spiro atoms. The number of hydrogen-bond acceptors (Lipinski definition) is 3. The summed E-state index contributed by atoms with van der Waals surface area (Å²) in [7, 11) is 0. The van der Waals surface area contributed by atoms with Crippen molar-refractivity contribution in [3.8, 4) is 0 Å². The monoisotopic (exact) mass is 318 g/mol. The van der Waals surface area contributed by atoms with Gasteiger partial charge in [0.25, 0.3) is 5.69 Å². The molecule has 0 aliphatic heterocycles. The van der Waals surface area contributed by atoms with E-state index in [1.165, 1.54) is 0 Å². The minimum absolute atomic E-state index is 0.0191.